The average molecular weight is 426 g/mol. The molecule has 144 valence electrons. The molecule has 2 atom stereocenters. The van der Waals surface area contributed by atoms with Gasteiger partial charge in [0.05, 0.1) is 27.5 Å². The van der Waals surface area contributed by atoms with Crippen molar-refractivity contribution in [3.63, 3.8) is 0 Å². The summed E-state index contributed by atoms with van der Waals surface area (Å²) in [5.74, 6) is 0.704. The number of hydrogen-bond donors (Lipinski definition) is 1. The lowest BCUT2D eigenvalue weighted by Crippen LogP contribution is -2.35. The molecule has 8 heteroatoms. The molecule has 5 nitrogen and oxygen atoms in total. The number of aromatic nitrogens is 2. The summed E-state index contributed by atoms with van der Waals surface area (Å²) in [5.41, 5.74) is 1.18. The summed E-state index contributed by atoms with van der Waals surface area (Å²) in [4.78, 5) is 17.6. The van der Waals surface area contributed by atoms with Crippen molar-refractivity contribution in [1.29, 1.82) is 0 Å². The van der Waals surface area contributed by atoms with Crippen LogP contribution in [0.2, 0.25) is 10.0 Å². The fourth-order valence-corrected chi connectivity index (χ4v) is 5.55. The fraction of sp³-hybridized carbons (Fsp3) is 0.474. The molecule has 27 heavy (non-hydrogen) atoms. The number of nitrogens with zero attached hydrogens (tertiary/aromatic N) is 2. The molecule has 1 aromatic carbocycles. The van der Waals surface area contributed by atoms with Crippen molar-refractivity contribution >= 4 is 45.8 Å². The van der Waals surface area contributed by atoms with Crippen LogP contribution in [0, 0.1) is 0 Å². The monoisotopic (exact) mass is 425 g/mol. The maximum Gasteiger partial charge on any atom is 0.271 e. The number of ether oxygens (including phenoxy) is 1. The quantitative estimate of drug-likeness (QED) is 0.690. The minimum Gasteiger partial charge on any atom is -0.375 e. The molecule has 0 saturated carbocycles. The Hall–Kier alpha value is -1.21. The molecule has 2 aliphatic heterocycles. The van der Waals surface area contributed by atoms with Crippen LogP contribution < -0.4 is 5.56 Å². The van der Waals surface area contributed by atoms with Crippen molar-refractivity contribution in [1.82, 2.24) is 9.78 Å². The number of rotatable bonds is 2. The van der Waals surface area contributed by atoms with Crippen LogP contribution in [0.5, 0.6) is 0 Å². The van der Waals surface area contributed by atoms with Gasteiger partial charge < -0.3 is 4.74 Å². The minimum absolute atomic E-state index is 0.117. The molecule has 4 rings (SSSR count). The lowest BCUT2D eigenvalue weighted by atomic mass is 9.94. The van der Waals surface area contributed by atoms with Gasteiger partial charge in [-0.05, 0) is 51.3 Å². The highest BCUT2D eigenvalue weighted by Gasteiger charge is 2.36. The van der Waals surface area contributed by atoms with Crippen molar-refractivity contribution in [3.05, 3.63) is 49.7 Å². The van der Waals surface area contributed by atoms with Gasteiger partial charge in [-0.15, -0.1) is 0 Å². The molecule has 0 aliphatic carbocycles. The van der Waals surface area contributed by atoms with Crippen LogP contribution in [0.4, 0.5) is 5.82 Å². The summed E-state index contributed by atoms with van der Waals surface area (Å²) in [6, 6.07) is 5.55. The average Bonchev–Trinajstić information content (AvgIpc) is 2.90. The molecule has 1 fully saturated rings. The Morgan fingerprint density at radius 1 is 1.37 bits per heavy atom. The summed E-state index contributed by atoms with van der Waals surface area (Å²) in [6.45, 7) is 6.78. The van der Waals surface area contributed by atoms with E-state index in [-0.39, 0.29) is 22.5 Å². The van der Waals surface area contributed by atoms with Crippen molar-refractivity contribution in [2.75, 3.05) is 6.61 Å². The van der Waals surface area contributed by atoms with E-state index in [4.69, 9.17) is 32.9 Å². The standard InChI is InChI=1S/C19H21Cl2N3O2S/c1-10-22-17-15(16(27-10)13-5-4-11(20)8-14(13)21)18(25)23-24(17)12-6-7-26-19(2,3)9-12/h4-5,8,12,16H,6-7,9H2,1-3H3,(H,23,25)/t12-,16+/m1/s1. The molecule has 0 radical (unpaired) electrons. The minimum atomic E-state index is -0.224. The van der Waals surface area contributed by atoms with Gasteiger partial charge in [-0.3, -0.25) is 14.6 Å². The Morgan fingerprint density at radius 2 is 2.15 bits per heavy atom. The van der Waals surface area contributed by atoms with Gasteiger partial charge in [-0.1, -0.05) is 41.0 Å². The highest BCUT2D eigenvalue weighted by molar-refractivity contribution is 8.14. The third-order valence-electron chi connectivity index (χ3n) is 5.03. The van der Waals surface area contributed by atoms with Crippen LogP contribution in [0.15, 0.2) is 28.0 Å². The third-order valence-corrected chi connectivity index (χ3v) is 6.75. The molecule has 2 aliphatic rings. The summed E-state index contributed by atoms with van der Waals surface area (Å²) < 4.78 is 7.76. The van der Waals surface area contributed by atoms with E-state index in [0.717, 1.165) is 23.4 Å². The fourth-order valence-electron chi connectivity index (χ4n) is 3.83. The molecule has 2 aromatic rings. The van der Waals surface area contributed by atoms with Crippen molar-refractivity contribution in [3.8, 4) is 0 Å². The Bertz CT molecular complexity index is 980. The highest BCUT2D eigenvalue weighted by atomic mass is 35.5. The normalized spacial score (nSPS) is 24.4. The number of aliphatic imine (C=N–C) groups is 1. The first-order valence-electron chi connectivity index (χ1n) is 8.90. The summed E-state index contributed by atoms with van der Waals surface area (Å²) in [7, 11) is 0. The van der Waals surface area contributed by atoms with E-state index in [1.54, 1.807) is 23.9 Å². The molecule has 0 bridgehead atoms. The summed E-state index contributed by atoms with van der Waals surface area (Å²) in [6.07, 6.45) is 1.66. The predicted octanol–water partition coefficient (Wildman–Crippen LogP) is 5.50. The van der Waals surface area contributed by atoms with Crippen LogP contribution in [0.25, 0.3) is 0 Å². The number of nitrogens with one attached hydrogen (secondary N) is 1. The van der Waals surface area contributed by atoms with Crippen LogP contribution in [0.3, 0.4) is 0 Å². The Morgan fingerprint density at radius 3 is 2.85 bits per heavy atom. The van der Waals surface area contributed by atoms with Gasteiger partial charge >= 0.3 is 0 Å². The van der Waals surface area contributed by atoms with E-state index < -0.39 is 0 Å². The largest absolute Gasteiger partial charge is 0.375 e. The van der Waals surface area contributed by atoms with Gasteiger partial charge in [0.2, 0.25) is 0 Å². The Labute approximate surface area is 172 Å². The van der Waals surface area contributed by atoms with E-state index in [1.807, 2.05) is 17.7 Å². The SMILES string of the molecule is CC1=Nc2c(c(=O)[nH]n2[C@@H]2CCOC(C)(C)C2)[C@H](c2ccc(Cl)cc2Cl)S1. The summed E-state index contributed by atoms with van der Waals surface area (Å²) in [5, 5.41) is 4.85. The molecule has 1 aromatic heterocycles. The zero-order valence-corrected chi connectivity index (χ0v) is 17.7. The highest BCUT2D eigenvalue weighted by Crippen LogP contribution is 2.47. The molecule has 3 heterocycles. The van der Waals surface area contributed by atoms with Crippen LogP contribution in [-0.4, -0.2) is 27.0 Å². The number of aromatic amines is 1. The zero-order valence-electron chi connectivity index (χ0n) is 15.4. The first kappa shape index (κ1) is 19.1. The molecule has 0 amide bonds. The van der Waals surface area contributed by atoms with E-state index in [9.17, 15) is 4.79 Å². The number of H-pyrrole nitrogens is 1. The maximum atomic E-state index is 12.9. The molecule has 1 N–H and O–H groups in total. The lowest BCUT2D eigenvalue weighted by Gasteiger charge is -2.36. The lowest BCUT2D eigenvalue weighted by molar-refractivity contribution is -0.0705. The number of fused-ring (bicyclic) bond motifs is 1. The van der Waals surface area contributed by atoms with Crippen LogP contribution in [0.1, 0.15) is 56.0 Å². The number of hydrogen-bond acceptors (Lipinski definition) is 4. The second-order valence-corrected chi connectivity index (χ2v) is 9.74. The first-order valence-corrected chi connectivity index (χ1v) is 10.5. The van der Waals surface area contributed by atoms with Crippen molar-refractivity contribution in [2.24, 2.45) is 4.99 Å². The number of benzene rings is 1. The van der Waals surface area contributed by atoms with E-state index >= 15 is 0 Å². The predicted molar refractivity (Wildman–Crippen MR) is 112 cm³/mol. The van der Waals surface area contributed by atoms with Crippen molar-refractivity contribution < 1.29 is 4.74 Å². The Balaban J connectivity index is 1.82. The molecule has 1 saturated heterocycles. The van der Waals surface area contributed by atoms with Gasteiger partial charge in [0, 0.05) is 16.7 Å². The molecular formula is C19H21Cl2N3O2S. The Kier molecular flexibility index (Phi) is 4.95. The van der Waals surface area contributed by atoms with E-state index in [1.165, 1.54) is 0 Å². The second kappa shape index (κ2) is 6.99. The molecule has 0 unspecified atom stereocenters. The summed E-state index contributed by atoms with van der Waals surface area (Å²) >= 11 is 14.0. The maximum absolute atomic E-state index is 12.9. The second-order valence-electron chi connectivity index (χ2n) is 7.60. The van der Waals surface area contributed by atoms with Crippen LogP contribution in [-0.2, 0) is 4.74 Å². The van der Waals surface area contributed by atoms with E-state index in [2.05, 4.69) is 18.9 Å². The topological polar surface area (TPSA) is 59.4 Å². The van der Waals surface area contributed by atoms with Gasteiger partial charge in [-0.25, -0.2) is 4.99 Å². The molecular weight excluding hydrogens is 405 g/mol. The van der Waals surface area contributed by atoms with Gasteiger partial charge in [0.25, 0.3) is 5.56 Å². The van der Waals surface area contributed by atoms with Crippen molar-refractivity contribution in [2.45, 2.75) is 50.5 Å². The number of thioether (sulfide) groups is 1. The third kappa shape index (κ3) is 3.60. The molecule has 0 spiro atoms. The number of halogens is 2. The first-order chi connectivity index (χ1) is 12.7. The zero-order chi connectivity index (χ0) is 19.3. The smallest absolute Gasteiger partial charge is 0.271 e. The van der Waals surface area contributed by atoms with Gasteiger partial charge in [0.15, 0.2) is 5.82 Å². The van der Waals surface area contributed by atoms with Crippen LogP contribution >= 0.6 is 35.0 Å². The van der Waals surface area contributed by atoms with E-state index in [0.29, 0.717) is 28.0 Å². The van der Waals surface area contributed by atoms with Gasteiger partial charge in [-0.2, -0.15) is 0 Å². The van der Waals surface area contributed by atoms with Gasteiger partial charge in [0.1, 0.15) is 0 Å².